The smallest absolute Gasteiger partial charge is 0.254 e. The van der Waals surface area contributed by atoms with Crippen LogP contribution >= 0.6 is 12.2 Å². The molecule has 6 heteroatoms. The Labute approximate surface area is 142 Å². The van der Waals surface area contributed by atoms with Gasteiger partial charge in [-0.1, -0.05) is 6.42 Å². The molecule has 1 saturated carbocycles. The summed E-state index contributed by atoms with van der Waals surface area (Å²) in [4.78, 5) is 6.22. The van der Waals surface area contributed by atoms with E-state index in [1.807, 2.05) is 16.0 Å². The van der Waals surface area contributed by atoms with E-state index in [2.05, 4.69) is 18.0 Å². The van der Waals surface area contributed by atoms with Crippen LogP contribution in [0.5, 0.6) is 0 Å². The van der Waals surface area contributed by atoms with Gasteiger partial charge in [0.25, 0.3) is 5.78 Å². The Kier molecular flexibility index (Phi) is 3.97. The molecule has 2 aromatic rings. The normalized spacial score (nSPS) is 28.0. The van der Waals surface area contributed by atoms with Gasteiger partial charge in [0.2, 0.25) is 4.77 Å². The predicted molar refractivity (Wildman–Crippen MR) is 92.1 cm³/mol. The van der Waals surface area contributed by atoms with E-state index in [0.29, 0.717) is 0 Å². The minimum absolute atomic E-state index is 0.740. The van der Waals surface area contributed by atoms with Crippen LogP contribution in [0, 0.1) is 24.5 Å². The molecule has 1 aliphatic heterocycles. The van der Waals surface area contributed by atoms with Gasteiger partial charge in [-0.05, 0) is 64.2 Å². The molecule has 3 atom stereocenters. The van der Waals surface area contributed by atoms with Gasteiger partial charge < -0.3 is 4.90 Å². The average molecular weight is 332 g/mol. The van der Waals surface area contributed by atoms with Crippen molar-refractivity contribution in [3.05, 3.63) is 22.2 Å². The molecular formula is C17H26N5S+. The van der Waals surface area contributed by atoms with Crippen LogP contribution in [0.3, 0.4) is 0 Å². The van der Waals surface area contributed by atoms with Crippen molar-refractivity contribution < 1.29 is 4.90 Å². The molecule has 2 aromatic heterocycles. The molecule has 23 heavy (non-hydrogen) atoms. The van der Waals surface area contributed by atoms with Crippen molar-refractivity contribution in [1.29, 1.82) is 0 Å². The third-order valence-electron chi connectivity index (χ3n) is 5.73. The van der Waals surface area contributed by atoms with Crippen LogP contribution in [0.4, 0.5) is 0 Å². The number of nitrogens with one attached hydrogen (secondary N) is 1. The van der Waals surface area contributed by atoms with Gasteiger partial charge in [-0.25, -0.2) is 4.98 Å². The molecule has 0 aromatic carbocycles. The second kappa shape index (κ2) is 5.98. The Morgan fingerprint density at radius 1 is 1.22 bits per heavy atom. The van der Waals surface area contributed by atoms with E-state index >= 15 is 0 Å². The fourth-order valence-electron chi connectivity index (χ4n) is 4.69. The molecule has 1 unspecified atom stereocenters. The lowest BCUT2D eigenvalue weighted by Gasteiger charge is -2.40. The SMILES string of the molecule is Cc1cc(C)n2c(=S)n(C[NH+]3CCC[C@@H]4CCCC[C@@H]43)nc2n1. The molecule has 1 saturated heterocycles. The van der Waals surface area contributed by atoms with Gasteiger partial charge in [-0.2, -0.15) is 4.68 Å². The van der Waals surface area contributed by atoms with Crippen molar-refractivity contribution in [2.45, 2.75) is 65.1 Å². The summed E-state index contributed by atoms with van der Waals surface area (Å²) in [5.41, 5.74) is 2.12. The predicted octanol–water partition coefficient (Wildman–Crippen LogP) is 2.07. The first-order chi connectivity index (χ1) is 11.1. The fraction of sp³-hybridized carbons (Fsp3) is 0.706. The molecule has 5 nitrogen and oxygen atoms in total. The van der Waals surface area contributed by atoms with E-state index in [-0.39, 0.29) is 0 Å². The van der Waals surface area contributed by atoms with Crippen LogP contribution in [0.2, 0.25) is 0 Å². The first-order valence-corrected chi connectivity index (χ1v) is 9.33. The van der Waals surface area contributed by atoms with E-state index in [1.54, 1.807) is 4.90 Å². The second-order valence-corrected chi connectivity index (χ2v) is 7.68. The average Bonchev–Trinajstić information content (AvgIpc) is 2.84. The van der Waals surface area contributed by atoms with Gasteiger partial charge in [0.05, 0.1) is 12.6 Å². The van der Waals surface area contributed by atoms with Crippen molar-refractivity contribution in [3.8, 4) is 0 Å². The molecule has 124 valence electrons. The first-order valence-electron chi connectivity index (χ1n) is 8.92. The van der Waals surface area contributed by atoms with Crippen molar-refractivity contribution in [2.75, 3.05) is 6.54 Å². The molecule has 2 aliphatic rings. The van der Waals surface area contributed by atoms with Gasteiger partial charge in [-0.15, -0.1) is 5.10 Å². The highest BCUT2D eigenvalue weighted by atomic mass is 32.1. The molecular weight excluding hydrogens is 306 g/mol. The highest BCUT2D eigenvalue weighted by Gasteiger charge is 2.36. The Hall–Kier alpha value is -1.27. The number of hydrogen-bond acceptors (Lipinski definition) is 3. The molecule has 1 aliphatic carbocycles. The zero-order valence-electron chi connectivity index (χ0n) is 14.1. The maximum Gasteiger partial charge on any atom is 0.254 e. The summed E-state index contributed by atoms with van der Waals surface area (Å²) in [5, 5.41) is 4.71. The molecule has 0 bridgehead atoms. The first kappa shape index (κ1) is 15.3. The summed E-state index contributed by atoms with van der Waals surface area (Å²) in [5.74, 6) is 1.66. The summed E-state index contributed by atoms with van der Waals surface area (Å²) in [6.45, 7) is 6.23. The van der Waals surface area contributed by atoms with E-state index in [0.717, 1.165) is 40.6 Å². The zero-order valence-corrected chi connectivity index (χ0v) is 14.9. The number of aryl methyl sites for hydroxylation is 2. The Morgan fingerprint density at radius 2 is 2.00 bits per heavy atom. The monoisotopic (exact) mass is 332 g/mol. The lowest BCUT2D eigenvalue weighted by Crippen LogP contribution is -3.17. The highest BCUT2D eigenvalue weighted by Crippen LogP contribution is 2.28. The Morgan fingerprint density at radius 3 is 2.87 bits per heavy atom. The van der Waals surface area contributed by atoms with Crippen LogP contribution in [0.1, 0.15) is 49.9 Å². The maximum absolute atomic E-state index is 5.68. The van der Waals surface area contributed by atoms with Crippen molar-refractivity contribution >= 4 is 18.0 Å². The molecule has 0 spiro atoms. The third-order valence-corrected chi connectivity index (χ3v) is 6.12. The highest BCUT2D eigenvalue weighted by molar-refractivity contribution is 7.71. The van der Waals surface area contributed by atoms with Crippen LogP contribution < -0.4 is 4.90 Å². The summed E-state index contributed by atoms with van der Waals surface area (Å²) >= 11 is 5.68. The van der Waals surface area contributed by atoms with Crippen molar-refractivity contribution in [2.24, 2.45) is 5.92 Å². The number of nitrogens with zero attached hydrogens (tertiary/aromatic N) is 4. The Bertz CT molecular complexity index is 775. The van der Waals surface area contributed by atoms with E-state index in [9.17, 15) is 0 Å². The fourth-order valence-corrected chi connectivity index (χ4v) is 5.02. The summed E-state index contributed by atoms with van der Waals surface area (Å²) in [7, 11) is 0. The number of hydrogen-bond donors (Lipinski definition) is 1. The summed E-state index contributed by atoms with van der Waals surface area (Å²) in [6.07, 6.45) is 8.37. The minimum atomic E-state index is 0.740. The van der Waals surface area contributed by atoms with Crippen molar-refractivity contribution in [3.63, 3.8) is 0 Å². The van der Waals surface area contributed by atoms with E-state index in [4.69, 9.17) is 17.3 Å². The minimum Gasteiger partial charge on any atom is -0.314 e. The lowest BCUT2D eigenvalue weighted by atomic mass is 9.78. The van der Waals surface area contributed by atoms with Gasteiger partial charge in [0.1, 0.15) is 0 Å². The Balaban J connectivity index is 1.66. The number of likely N-dealkylation sites (tertiary alicyclic amines) is 1. The topological polar surface area (TPSA) is 39.6 Å². The van der Waals surface area contributed by atoms with Gasteiger partial charge >= 0.3 is 0 Å². The van der Waals surface area contributed by atoms with Gasteiger partial charge in [0, 0.05) is 17.3 Å². The molecule has 3 heterocycles. The summed E-state index contributed by atoms with van der Waals surface area (Å²) in [6, 6.07) is 2.87. The standard InChI is InChI=1S/C17H25N5S/c1-12-10-13(2)22-16(18-12)19-21(17(22)23)11-20-9-5-7-14-6-3-4-8-15(14)20/h10,14-15H,3-9,11H2,1-2H3/p+1/t14-,15-/m0/s1. The molecule has 4 rings (SSSR count). The number of piperidine rings is 1. The van der Waals surface area contributed by atoms with Crippen LogP contribution in [0.15, 0.2) is 6.07 Å². The molecule has 2 fully saturated rings. The number of rotatable bonds is 2. The second-order valence-electron chi connectivity index (χ2n) is 7.32. The largest absolute Gasteiger partial charge is 0.314 e. The zero-order chi connectivity index (χ0) is 16.0. The summed E-state index contributed by atoms with van der Waals surface area (Å²) < 4.78 is 4.80. The van der Waals surface area contributed by atoms with Crippen LogP contribution in [-0.4, -0.2) is 31.8 Å². The number of fused-ring (bicyclic) bond motifs is 2. The van der Waals surface area contributed by atoms with Gasteiger partial charge in [-0.3, -0.25) is 4.40 Å². The molecule has 0 amide bonds. The van der Waals surface area contributed by atoms with E-state index in [1.165, 1.54) is 45.1 Å². The number of quaternary nitrogens is 1. The molecule has 0 radical (unpaired) electrons. The lowest BCUT2D eigenvalue weighted by molar-refractivity contribution is -0.958. The third kappa shape index (κ3) is 2.72. The van der Waals surface area contributed by atoms with Crippen LogP contribution in [-0.2, 0) is 6.67 Å². The number of aromatic nitrogens is 4. The maximum atomic E-state index is 5.68. The molecule has 1 N–H and O–H groups in total. The van der Waals surface area contributed by atoms with E-state index < -0.39 is 0 Å². The van der Waals surface area contributed by atoms with Gasteiger partial charge in [0.15, 0.2) is 6.67 Å². The van der Waals surface area contributed by atoms with Crippen molar-refractivity contribution in [1.82, 2.24) is 19.2 Å². The quantitative estimate of drug-likeness (QED) is 0.856. The van der Waals surface area contributed by atoms with Crippen LogP contribution in [0.25, 0.3) is 5.78 Å².